The monoisotopic (exact) mass is 1000 g/mol. The molecule has 0 bridgehead atoms. The van der Waals surface area contributed by atoms with Crippen LogP contribution in [-0.4, -0.2) is 57.5 Å². The van der Waals surface area contributed by atoms with E-state index in [1.807, 2.05) is 0 Å². The van der Waals surface area contributed by atoms with E-state index in [0.717, 1.165) is 35.6 Å². The normalized spacial score (nSPS) is 11.6. The Bertz CT molecular complexity index is 3760. The fourth-order valence-corrected chi connectivity index (χ4v) is 8.42. The van der Waals surface area contributed by atoms with E-state index >= 15 is 0 Å². The van der Waals surface area contributed by atoms with Crippen LogP contribution in [0.2, 0.25) is 0 Å². The van der Waals surface area contributed by atoms with Crippen LogP contribution in [0.4, 0.5) is 50.3 Å². The number of aromatic nitrogens is 3. The molecule has 8 rings (SSSR count). The summed E-state index contributed by atoms with van der Waals surface area (Å²) < 4.78 is 67.4. The summed E-state index contributed by atoms with van der Waals surface area (Å²) in [7, 11) is -9.04. The molecule has 0 aliphatic heterocycles. The number of aromatic carboxylic acids is 1. The van der Waals surface area contributed by atoms with Crippen molar-refractivity contribution in [1.82, 2.24) is 14.5 Å². The van der Waals surface area contributed by atoms with Gasteiger partial charge in [-0.15, -0.1) is 20.5 Å². The average molecular weight is 1010 g/mol. The molecule has 0 saturated carbocycles. The van der Waals surface area contributed by atoms with Crippen molar-refractivity contribution < 1.29 is 40.6 Å². The van der Waals surface area contributed by atoms with Gasteiger partial charge in [-0.1, -0.05) is 47.7 Å². The van der Waals surface area contributed by atoms with Gasteiger partial charge in [0.1, 0.15) is 23.5 Å². The number of carbonyl (C=O) groups excluding carboxylic acids is 1. The molecule has 0 aliphatic rings. The van der Waals surface area contributed by atoms with Crippen LogP contribution in [0.15, 0.2) is 170 Å². The largest absolute Gasteiger partial charge is 0.478 e. The number of hydrogen-bond donors (Lipinski definition) is 6. The first-order chi connectivity index (χ1) is 34.0. The highest BCUT2D eigenvalue weighted by Gasteiger charge is 2.21. The van der Waals surface area contributed by atoms with Crippen LogP contribution in [0.25, 0.3) is 16.9 Å². The third-order valence-electron chi connectivity index (χ3n) is 10.2. The summed E-state index contributed by atoms with van der Waals surface area (Å²) in [5.74, 6) is -1.44. The van der Waals surface area contributed by atoms with Gasteiger partial charge >= 0.3 is 5.97 Å². The number of thiazole rings is 1. The minimum absolute atomic E-state index is 0.000419. The van der Waals surface area contributed by atoms with Crippen molar-refractivity contribution in [1.29, 1.82) is 10.5 Å². The maximum absolute atomic E-state index is 12.9. The minimum Gasteiger partial charge on any atom is -0.478 e. The molecule has 3 aromatic heterocycles. The molecule has 71 heavy (non-hydrogen) atoms. The number of pyridine rings is 1. The van der Waals surface area contributed by atoms with Gasteiger partial charge in [0.05, 0.1) is 26.5 Å². The first kappa shape index (κ1) is 48.2. The van der Waals surface area contributed by atoms with Gasteiger partial charge < -0.3 is 21.1 Å². The minimum atomic E-state index is -4.54. The molecule has 21 nitrogen and oxygen atoms in total. The van der Waals surface area contributed by atoms with E-state index in [0.29, 0.717) is 22.5 Å². The fourth-order valence-electron chi connectivity index (χ4n) is 6.72. The molecule has 24 heteroatoms. The third kappa shape index (κ3) is 11.0. The highest BCUT2D eigenvalue weighted by atomic mass is 32.2. The van der Waals surface area contributed by atoms with Crippen LogP contribution in [0.3, 0.4) is 0 Å². The number of anilines is 5. The SMILES string of the molecule is Cc1c(C#N)c(Nc2ccc(S(=O)(=O)O)cc2)nc(Nc2ccc(S(=O)(=O)O)cc2)c1N=Nc1nc(-c2ccc(NC(=O)c3ccccc3)cc2)c(N=Nc2c(C#N)ccn2-c2cccc(C(=O)O)c2)s1. The van der Waals surface area contributed by atoms with Gasteiger partial charge in [-0.2, -0.15) is 27.4 Å². The molecule has 0 spiro atoms. The number of nitrogens with zero attached hydrogens (tertiary/aromatic N) is 9. The topological polar surface area (TPSA) is 327 Å². The summed E-state index contributed by atoms with van der Waals surface area (Å²) in [6, 6.07) is 36.9. The van der Waals surface area contributed by atoms with E-state index in [9.17, 15) is 51.2 Å². The summed E-state index contributed by atoms with van der Waals surface area (Å²) in [5.41, 5.74) is 2.99. The molecule has 0 unspecified atom stereocenters. The smallest absolute Gasteiger partial charge is 0.335 e. The lowest BCUT2D eigenvalue weighted by Gasteiger charge is -2.16. The first-order valence-corrected chi connectivity index (χ1v) is 24.1. The second-order valence-corrected chi connectivity index (χ2v) is 18.7. The van der Waals surface area contributed by atoms with E-state index in [2.05, 4.69) is 53.5 Å². The van der Waals surface area contributed by atoms with E-state index < -0.39 is 26.2 Å². The van der Waals surface area contributed by atoms with E-state index in [1.54, 1.807) is 79.9 Å². The van der Waals surface area contributed by atoms with Crippen LogP contribution in [0.1, 0.15) is 37.4 Å². The van der Waals surface area contributed by atoms with Crippen molar-refractivity contribution in [2.75, 3.05) is 16.0 Å². The van der Waals surface area contributed by atoms with E-state index in [1.165, 1.54) is 47.0 Å². The van der Waals surface area contributed by atoms with Gasteiger partial charge in [0.15, 0.2) is 22.5 Å². The molecule has 352 valence electrons. The molecule has 6 N–H and O–H groups in total. The Morgan fingerprint density at radius 1 is 0.676 bits per heavy atom. The number of amides is 1. The van der Waals surface area contributed by atoms with Gasteiger partial charge in [0.2, 0.25) is 5.13 Å². The molecule has 0 fully saturated rings. The lowest BCUT2D eigenvalue weighted by atomic mass is 10.1. The van der Waals surface area contributed by atoms with Crippen molar-refractivity contribution >= 4 is 93.8 Å². The van der Waals surface area contributed by atoms with E-state index in [-0.39, 0.29) is 88.3 Å². The lowest BCUT2D eigenvalue weighted by molar-refractivity contribution is 0.0696. The highest BCUT2D eigenvalue weighted by Crippen LogP contribution is 2.43. The standard InChI is InChI=1S/C47H32N12O9S3/c1-27-38(26-49)41(50-32-14-18-36(19-15-32)70(63,64)65)54-42(51-33-16-20-37(21-17-33)71(66,67)68)39(27)55-58-47-53-40(28-10-12-34(13-11-28)52-44(60)29-6-3-2-4-7-29)45(69-47)57-56-43-31(25-48)22-23-59(43)35-9-5-8-30(24-35)46(61)62/h2-24H,1H3,(H,52,60)(H,61,62)(H2,50,51,54)(H,63,64,65)(H,66,67,68). The number of benzene rings is 5. The number of carbonyl (C=O) groups is 2. The molecular weight excluding hydrogens is 973 g/mol. The predicted molar refractivity (Wildman–Crippen MR) is 261 cm³/mol. The number of carboxylic acid groups (broad SMARTS) is 1. The average Bonchev–Trinajstić information content (AvgIpc) is 3.97. The number of nitrogens with one attached hydrogen (secondary N) is 3. The Morgan fingerprint density at radius 3 is 1.87 bits per heavy atom. The number of rotatable bonds is 15. The van der Waals surface area contributed by atoms with Crippen LogP contribution >= 0.6 is 11.3 Å². The fraction of sp³-hybridized carbons (Fsp3) is 0.0213. The number of hydrogen-bond acceptors (Lipinski definition) is 17. The summed E-state index contributed by atoms with van der Waals surface area (Å²) in [4.78, 5) is 33.3. The van der Waals surface area contributed by atoms with Crippen LogP contribution in [0, 0.1) is 29.6 Å². The molecule has 0 aliphatic carbocycles. The first-order valence-electron chi connectivity index (χ1n) is 20.4. The number of azo groups is 2. The van der Waals surface area contributed by atoms with Gasteiger partial charge in [-0.3, -0.25) is 18.5 Å². The number of carboxylic acids is 1. The molecule has 3 heterocycles. The van der Waals surface area contributed by atoms with Crippen molar-refractivity contribution in [3.8, 4) is 29.1 Å². The molecule has 1 amide bonds. The summed E-state index contributed by atoms with van der Waals surface area (Å²) >= 11 is 0.935. The highest BCUT2D eigenvalue weighted by molar-refractivity contribution is 7.86. The number of nitriles is 2. The van der Waals surface area contributed by atoms with Crippen molar-refractivity contribution in [3.05, 3.63) is 167 Å². The van der Waals surface area contributed by atoms with Crippen molar-refractivity contribution in [2.24, 2.45) is 20.5 Å². The summed E-state index contributed by atoms with van der Waals surface area (Å²) in [6.45, 7) is 1.56. The summed E-state index contributed by atoms with van der Waals surface area (Å²) in [6.07, 6.45) is 1.55. The Kier molecular flexibility index (Phi) is 13.6. The lowest BCUT2D eigenvalue weighted by Crippen LogP contribution is -2.11. The van der Waals surface area contributed by atoms with Crippen molar-refractivity contribution in [2.45, 2.75) is 16.7 Å². The van der Waals surface area contributed by atoms with Crippen molar-refractivity contribution in [3.63, 3.8) is 0 Å². The maximum Gasteiger partial charge on any atom is 0.335 e. The second-order valence-electron chi connectivity index (χ2n) is 14.9. The van der Waals surface area contributed by atoms with E-state index in [4.69, 9.17) is 4.98 Å². The summed E-state index contributed by atoms with van der Waals surface area (Å²) in [5, 5.41) is 57.0. The van der Waals surface area contributed by atoms with Gasteiger partial charge in [-0.05, 0) is 104 Å². The Labute approximate surface area is 407 Å². The van der Waals surface area contributed by atoms with Gasteiger partial charge in [-0.25, -0.2) is 14.8 Å². The maximum atomic E-state index is 12.9. The zero-order valence-electron chi connectivity index (χ0n) is 36.3. The Balaban J connectivity index is 1.21. The second kappa shape index (κ2) is 20.1. The molecule has 0 saturated heterocycles. The Hall–Kier alpha value is -9.30. The molecule has 0 atom stereocenters. The Morgan fingerprint density at radius 2 is 1.28 bits per heavy atom. The zero-order valence-corrected chi connectivity index (χ0v) is 38.8. The molecule has 8 aromatic rings. The van der Waals surface area contributed by atoms with Crippen LogP contribution in [-0.2, 0) is 20.2 Å². The molecule has 0 radical (unpaired) electrons. The zero-order chi connectivity index (χ0) is 50.5. The third-order valence-corrected chi connectivity index (χ3v) is 12.8. The van der Waals surface area contributed by atoms with Crippen LogP contribution < -0.4 is 16.0 Å². The molecular formula is C47H32N12O9S3. The molecule has 5 aromatic carbocycles. The van der Waals surface area contributed by atoms with Crippen LogP contribution in [0.5, 0.6) is 0 Å². The predicted octanol–water partition coefficient (Wildman–Crippen LogP) is 10.8. The van der Waals surface area contributed by atoms with Gasteiger partial charge in [0.25, 0.3) is 26.1 Å². The van der Waals surface area contributed by atoms with Gasteiger partial charge in [0, 0.05) is 45.6 Å². The quantitative estimate of drug-likeness (QED) is 0.0411.